The summed E-state index contributed by atoms with van der Waals surface area (Å²) in [6.07, 6.45) is 1.83. The SMILES string of the molecule is CC(C)(O)C(C)(C)OB(O)C1CCN(Cc2ccccc2)CC1. The van der Waals surface area contributed by atoms with Gasteiger partial charge in [-0.25, -0.2) is 0 Å². The van der Waals surface area contributed by atoms with Crippen molar-refractivity contribution in [1.29, 1.82) is 0 Å². The maximum Gasteiger partial charge on any atom is 0.458 e. The highest BCUT2D eigenvalue weighted by molar-refractivity contribution is 6.45. The Bertz CT molecular complexity index is 479. The van der Waals surface area contributed by atoms with Gasteiger partial charge in [-0.2, -0.15) is 0 Å². The zero-order valence-electron chi connectivity index (χ0n) is 14.8. The summed E-state index contributed by atoms with van der Waals surface area (Å²) in [4.78, 5) is 2.42. The fourth-order valence-corrected chi connectivity index (χ4v) is 2.78. The van der Waals surface area contributed by atoms with Gasteiger partial charge in [0.05, 0.1) is 11.2 Å². The Labute approximate surface area is 140 Å². The van der Waals surface area contributed by atoms with Gasteiger partial charge in [-0.1, -0.05) is 30.3 Å². The molecule has 0 saturated carbocycles. The van der Waals surface area contributed by atoms with Crippen LogP contribution in [-0.4, -0.2) is 46.4 Å². The molecule has 1 aromatic carbocycles. The van der Waals surface area contributed by atoms with Crippen molar-refractivity contribution in [2.24, 2.45) is 0 Å². The van der Waals surface area contributed by atoms with Gasteiger partial charge >= 0.3 is 7.12 Å². The summed E-state index contributed by atoms with van der Waals surface area (Å²) in [6, 6.07) is 10.5. The number of benzene rings is 1. The van der Waals surface area contributed by atoms with Gasteiger partial charge in [0.2, 0.25) is 0 Å². The van der Waals surface area contributed by atoms with Gasteiger partial charge < -0.3 is 14.8 Å². The Morgan fingerprint density at radius 2 is 1.70 bits per heavy atom. The molecule has 2 rings (SSSR count). The number of nitrogens with zero attached hydrogens (tertiary/aromatic N) is 1. The molecule has 0 aliphatic carbocycles. The lowest BCUT2D eigenvalue weighted by Gasteiger charge is -2.41. The summed E-state index contributed by atoms with van der Waals surface area (Å²) in [5.41, 5.74) is -0.457. The summed E-state index contributed by atoms with van der Waals surface area (Å²) in [6.45, 7) is 9.94. The Kier molecular flexibility index (Phi) is 5.90. The highest BCUT2D eigenvalue weighted by atomic mass is 16.5. The molecule has 1 heterocycles. The second-order valence-electron chi connectivity index (χ2n) is 7.68. The van der Waals surface area contributed by atoms with E-state index in [9.17, 15) is 10.1 Å². The minimum atomic E-state index is -0.998. The molecule has 0 spiro atoms. The average Bonchev–Trinajstić information content (AvgIpc) is 2.47. The van der Waals surface area contributed by atoms with Crippen molar-refractivity contribution >= 4 is 7.12 Å². The van der Waals surface area contributed by atoms with Crippen LogP contribution < -0.4 is 0 Å². The number of hydrogen-bond acceptors (Lipinski definition) is 4. The van der Waals surface area contributed by atoms with Gasteiger partial charge in [-0.3, -0.25) is 4.90 Å². The Hall–Kier alpha value is -0.875. The Morgan fingerprint density at radius 1 is 1.13 bits per heavy atom. The van der Waals surface area contributed by atoms with Gasteiger partial charge in [0.15, 0.2) is 0 Å². The van der Waals surface area contributed by atoms with E-state index in [0.29, 0.717) is 0 Å². The molecule has 4 nitrogen and oxygen atoms in total. The van der Waals surface area contributed by atoms with Gasteiger partial charge in [0.25, 0.3) is 0 Å². The quantitative estimate of drug-likeness (QED) is 0.792. The molecule has 2 N–H and O–H groups in total. The second kappa shape index (κ2) is 7.35. The lowest BCUT2D eigenvalue weighted by Crippen LogP contribution is -2.52. The molecule has 1 fully saturated rings. The smallest absolute Gasteiger partial charge is 0.427 e. The van der Waals surface area contributed by atoms with Crippen LogP contribution in [0.1, 0.15) is 46.1 Å². The normalized spacial score (nSPS) is 18.2. The molecule has 1 aliphatic rings. The van der Waals surface area contributed by atoms with E-state index in [1.165, 1.54) is 5.56 Å². The summed E-state index contributed by atoms with van der Waals surface area (Å²) in [5.74, 6) is 0.128. The number of piperidine rings is 1. The fraction of sp³-hybridized carbons (Fsp3) is 0.667. The third-order valence-corrected chi connectivity index (χ3v) is 5.17. The molecule has 0 radical (unpaired) electrons. The van der Waals surface area contributed by atoms with E-state index in [4.69, 9.17) is 4.65 Å². The Balaban J connectivity index is 1.82. The van der Waals surface area contributed by atoms with Crippen LogP contribution in [0.25, 0.3) is 0 Å². The maximum absolute atomic E-state index is 10.4. The molecule has 1 saturated heterocycles. The van der Waals surface area contributed by atoms with Crippen molar-refractivity contribution in [2.75, 3.05) is 13.1 Å². The van der Waals surface area contributed by atoms with Crippen molar-refractivity contribution in [3.63, 3.8) is 0 Å². The molecule has 0 bridgehead atoms. The molecule has 128 valence electrons. The highest BCUT2D eigenvalue weighted by Crippen LogP contribution is 2.32. The van der Waals surface area contributed by atoms with Crippen LogP contribution in [-0.2, 0) is 11.2 Å². The minimum Gasteiger partial charge on any atom is -0.427 e. The van der Waals surface area contributed by atoms with Gasteiger partial charge in [-0.05, 0) is 65.0 Å². The first-order valence-electron chi connectivity index (χ1n) is 8.53. The van der Waals surface area contributed by atoms with Crippen LogP contribution in [0.4, 0.5) is 0 Å². The average molecular weight is 319 g/mol. The maximum atomic E-state index is 10.4. The van der Waals surface area contributed by atoms with E-state index in [0.717, 1.165) is 32.5 Å². The molecular formula is C18H30BNO3. The third kappa shape index (κ3) is 5.05. The van der Waals surface area contributed by atoms with E-state index in [2.05, 4.69) is 29.2 Å². The topological polar surface area (TPSA) is 52.9 Å². The van der Waals surface area contributed by atoms with Crippen molar-refractivity contribution in [1.82, 2.24) is 4.90 Å². The molecule has 0 unspecified atom stereocenters. The number of likely N-dealkylation sites (tertiary alicyclic amines) is 1. The van der Waals surface area contributed by atoms with Crippen LogP contribution in [0, 0.1) is 0 Å². The van der Waals surface area contributed by atoms with E-state index < -0.39 is 18.3 Å². The number of rotatable bonds is 6. The molecular weight excluding hydrogens is 289 g/mol. The van der Waals surface area contributed by atoms with Gasteiger partial charge in [0, 0.05) is 6.54 Å². The molecule has 1 aliphatic heterocycles. The van der Waals surface area contributed by atoms with Crippen molar-refractivity contribution < 1.29 is 14.8 Å². The van der Waals surface area contributed by atoms with E-state index in [1.54, 1.807) is 13.8 Å². The van der Waals surface area contributed by atoms with Crippen LogP contribution >= 0.6 is 0 Å². The molecule has 23 heavy (non-hydrogen) atoms. The predicted molar refractivity (Wildman–Crippen MR) is 94.1 cm³/mol. The second-order valence-corrected chi connectivity index (χ2v) is 7.68. The van der Waals surface area contributed by atoms with E-state index >= 15 is 0 Å². The lowest BCUT2D eigenvalue weighted by atomic mass is 9.66. The number of aliphatic hydroxyl groups is 1. The van der Waals surface area contributed by atoms with Gasteiger partial charge in [0.1, 0.15) is 0 Å². The van der Waals surface area contributed by atoms with Crippen molar-refractivity contribution in [3.8, 4) is 0 Å². The first kappa shape index (κ1) is 18.5. The Morgan fingerprint density at radius 3 is 2.22 bits per heavy atom. The highest BCUT2D eigenvalue weighted by Gasteiger charge is 2.42. The van der Waals surface area contributed by atoms with Crippen LogP contribution in [0.15, 0.2) is 30.3 Å². The monoisotopic (exact) mass is 319 g/mol. The first-order chi connectivity index (χ1) is 10.7. The van der Waals surface area contributed by atoms with Crippen LogP contribution in [0.2, 0.25) is 5.82 Å². The fourth-order valence-electron chi connectivity index (χ4n) is 2.78. The molecule has 0 aromatic heterocycles. The molecule has 0 amide bonds. The van der Waals surface area contributed by atoms with E-state index in [-0.39, 0.29) is 5.82 Å². The summed E-state index contributed by atoms with van der Waals surface area (Å²) < 4.78 is 5.78. The standard InChI is InChI=1S/C18H30BNO3/c1-17(2,21)18(3,4)23-19(22)16-10-12-20(13-11-16)14-15-8-6-5-7-9-15/h5-9,16,21-22H,10-14H2,1-4H3. The molecule has 5 heteroatoms. The van der Waals surface area contributed by atoms with Crippen molar-refractivity contribution in [2.45, 2.75) is 64.1 Å². The summed E-state index contributed by atoms with van der Waals surface area (Å²) in [7, 11) is -0.824. The van der Waals surface area contributed by atoms with Gasteiger partial charge in [-0.15, -0.1) is 0 Å². The van der Waals surface area contributed by atoms with Crippen molar-refractivity contribution in [3.05, 3.63) is 35.9 Å². The van der Waals surface area contributed by atoms with E-state index in [1.807, 2.05) is 19.9 Å². The third-order valence-electron chi connectivity index (χ3n) is 5.17. The minimum absolute atomic E-state index is 0.128. The zero-order chi connectivity index (χ0) is 17.1. The predicted octanol–water partition coefficient (Wildman–Crippen LogP) is 2.70. The van der Waals surface area contributed by atoms with Crippen LogP contribution in [0.3, 0.4) is 0 Å². The number of hydrogen-bond donors (Lipinski definition) is 2. The summed E-state index contributed by atoms with van der Waals surface area (Å²) in [5, 5.41) is 20.6. The first-order valence-corrected chi connectivity index (χ1v) is 8.53. The zero-order valence-corrected chi connectivity index (χ0v) is 14.8. The van der Waals surface area contributed by atoms with Crippen LogP contribution in [0.5, 0.6) is 0 Å². The molecule has 0 atom stereocenters. The largest absolute Gasteiger partial charge is 0.458 e. The molecule has 1 aromatic rings. The summed E-state index contributed by atoms with van der Waals surface area (Å²) >= 11 is 0. The lowest BCUT2D eigenvalue weighted by molar-refractivity contribution is -0.102.